The van der Waals surface area contributed by atoms with E-state index in [0.29, 0.717) is 0 Å². The lowest BCUT2D eigenvalue weighted by atomic mass is 9.95. The molecule has 1 aliphatic heterocycles. The number of nitrogens with zero attached hydrogens (tertiary/aromatic N) is 3. The van der Waals surface area contributed by atoms with Gasteiger partial charge in [-0.1, -0.05) is 54.1 Å². The van der Waals surface area contributed by atoms with E-state index in [1.165, 1.54) is 11.1 Å². The van der Waals surface area contributed by atoms with E-state index in [1.54, 1.807) is 0 Å². The predicted molar refractivity (Wildman–Crippen MR) is 130 cm³/mol. The highest BCUT2D eigenvalue weighted by Gasteiger charge is 2.26. The third kappa shape index (κ3) is 5.72. The average molecular weight is 429 g/mol. The molecule has 2 aromatic carbocycles. The van der Waals surface area contributed by atoms with Crippen molar-refractivity contribution in [3.05, 3.63) is 77.9 Å². The minimum Gasteiger partial charge on any atom is -0.355 e. The zero-order valence-corrected chi connectivity index (χ0v) is 19.0. The molecule has 5 heteroatoms. The van der Waals surface area contributed by atoms with Crippen molar-refractivity contribution >= 4 is 11.7 Å². The van der Waals surface area contributed by atoms with Crippen molar-refractivity contribution in [2.75, 3.05) is 18.0 Å². The Labute approximate surface area is 190 Å². The topological polar surface area (TPSA) is 58.1 Å². The lowest BCUT2D eigenvalue weighted by molar-refractivity contribution is -0.126. The average Bonchev–Trinajstić information content (AvgIpc) is 2.83. The third-order valence-electron chi connectivity index (χ3n) is 6.25. The first kappa shape index (κ1) is 22.0. The second kappa shape index (κ2) is 10.4. The van der Waals surface area contributed by atoms with Gasteiger partial charge in [-0.3, -0.25) is 4.79 Å². The van der Waals surface area contributed by atoms with Crippen LogP contribution in [0.25, 0.3) is 11.3 Å². The first-order chi connectivity index (χ1) is 15.6. The summed E-state index contributed by atoms with van der Waals surface area (Å²) in [6.45, 7) is 5.83. The van der Waals surface area contributed by atoms with E-state index in [-0.39, 0.29) is 17.9 Å². The maximum Gasteiger partial charge on any atom is 0.223 e. The molecule has 5 nitrogen and oxygen atoms in total. The summed E-state index contributed by atoms with van der Waals surface area (Å²) in [5, 5.41) is 12.1. The molecule has 166 valence electrons. The Balaban J connectivity index is 1.25. The molecule has 1 aromatic heterocycles. The minimum atomic E-state index is 0.0740. The van der Waals surface area contributed by atoms with Crippen molar-refractivity contribution in [3.63, 3.8) is 0 Å². The maximum atomic E-state index is 12.7. The number of carbonyl (C=O) groups excluding carboxylic acids is 1. The van der Waals surface area contributed by atoms with E-state index in [2.05, 4.69) is 76.7 Å². The first-order valence-corrected chi connectivity index (χ1v) is 11.6. The van der Waals surface area contributed by atoms with Crippen LogP contribution in [0, 0.1) is 12.8 Å². The molecular weight excluding hydrogens is 396 g/mol. The fourth-order valence-corrected chi connectivity index (χ4v) is 4.28. The molecule has 0 bridgehead atoms. The molecule has 3 aromatic rings. The van der Waals surface area contributed by atoms with E-state index < -0.39 is 0 Å². The van der Waals surface area contributed by atoms with Crippen LogP contribution in [-0.4, -0.2) is 35.2 Å². The number of rotatable bonds is 7. The zero-order valence-electron chi connectivity index (χ0n) is 19.0. The van der Waals surface area contributed by atoms with Gasteiger partial charge in [0.2, 0.25) is 5.91 Å². The highest BCUT2D eigenvalue weighted by atomic mass is 16.1. The van der Waals surface area contributed by atoms with Gasteiger partial charge in [-0.2, -0.15) is 0 Å². The Morgan fingerprint density at radius 2 is 1.81 bits per heavy atom. The number of aromatic nitrogens is 2. The van der Waals surface area contributed by atoms with E-state index >= 15 is 0 Å². The molecule has 1 amide bonds. The molecule has 0 aliphatic carbocycles. The maximum absolute atomic E-state index is 12.7. The highest BCUT2D eigenvalue weighted by Crippen LogP contribution is 2.24. The van der Waals surface area contributed by atoms with Crippen LogP contribution in [0.3, 0.4) is 0 Å². The van der Waals surface area contributed by atoms with E-state index in [1.807, 2.05) is 24.3 Å². The highest BCUT2D eigenvalue weighted by molar-refractivity contribution is 5.79. The monoisotopic (exact) mass is 428 g/mol. The number of nitrogens with one attached hydrogen (secondary N) is 1. The predicted octanol–water partition coefficient (Wildman–Crippen LogP) is 4.81. The lowest BCUT2D eigenvalue weighted by Crippen LogP contribution is -2.43. The molecule has 0 radical (unpaired) electrons. The normalized spacial score (nSPS) is 15.4. The van der Waals surface area contributed by atoms with Crippen LogP contribution in [0.5, 0.6) is 0 Å². The zero-order chi connectivity index (χ0) is 22.3. The molecule has 0 spiro atoms. The molecule has 32 heavy (non-hydrogen) atoms. The van der Waals surface area contributed by atoms with Crippen molar-refractivity contribution < 1.29 is 4.79 Å². The summed E-state index contributed by atoms with van der Waals surface area (Å²) in [6, 6.07) is 23.0. The van der Waals surface area contributed by atoms with Gasteiger partial charge < -0.3 is 10.2 Å². The molecule has 0 unspecified atom stereocenters. The van der Waals surface area contributed by atoms with Crippen molar-refractivity contribution in [1.29, 1.82) is 0 Å². The second-order valence-corrected chi connectivity index (χ2v) is 8.84. The van der Waals surface area contributed by atoms with Crippen molar-refractivity contribution in [3.8, 4) is 11.3 Å². The number of piperidine rings is 1. The van der Waals surface area contributed by atoms with Crippen LogP contribution in [-0.2, 0) is 11.2 Å². The number of anilines is 1. The van der Waals surface area contributed by atoms with Crippen LogP contribution < -0.4 is 10.2 Å². The second-order valence-electron chi connectivity index (χ2n) is 8.84. The van der Waals surface area contributed by atoms with Crippen molar-refractivity contribution in [2.45, 2.75) is 45.6 Å². The minimum absolute atomic E-state index is 0.0740. The number of hydrogen-bond acceptors (Lipinski definition) is 4. The Morgan fingerprint density at radius 1 is 1.03 bits per heavy atom. The van der Waals surface area contributed by atoms with Crippen LogP contribution >= 0.6 is 0 Å². The summed E-state index contributed by atoms with van der Waals surface area (Å²) in [5.41, 5.74) is 4.50. The summed E-state index contributed by atoms with van der Waals surface area (Å²) >= 11 is 0. The number of carbonyl (C=O) groups is 1. The third-order valence-corrected chi connectivity index (χ3v) is 6.25. The van der Waals surface area contributed by atoms with Crippen LogP contribution in [0.15, 0.2) is 66.7 Å². The quantitative estimate of drug-likeness (QED) is 0.587. The molecule has 0 saturated carbocycles. The van der Waals surface area contributed by atoms with E-state index in [4.69, 9.17) is 0 Å². The smallest absolute Gasteiger partial charge is 0.223 e. The molecule has 1 fully saturated rings. The Bertz CT molecular complexity index is 1010. The van der Waals surface area contributed by atoms with Gasteiger partial charge in [0, 0.05) is 30.6 Å². The van der Waals surface area contributed by atoms with E-state index in [9.17, 15) is 4.79 Å². The molecule has 1 atom stereocenters. The molecule has 1 N–H and O–H groups in total. The van der Waals surface area contributed by atoms with Crippen LogP contribution in [0.1, 0.15) is 37.3 Å². The van der Waals surface area contributed by atoms with Crippen LogP contribution in [0.4, 0.5) is 5.82 Å². The SMILES string of the molecule is Cc1cccc(-c2ccc(N3CCC(C(=O)N[C@H](C)CCc4ccccc4)CC3)nn2)c1. The van der Waals surface area contributed by atoms with Gasteiger partial charge in [0.25, 0.3) is 0 Å². The largest absolute Gasteiger partial charge is 0.355 e. The summed E-state index contributed by atoms with van der Waals surface area (Å²) in [6.07, 6.45) is 3.63. The van der Waals surface area contributed by atoms with Gasteiger partial charge in [0.15, 0.2) is 5.82 Å². The summed E-state index contributed by atoms with van der Waals surface area (Å²) in [4.78, 5) is 15.0. The fourth-order valence-electron chi connectivity index (χ4n) is 4.28. The van der Waals surface area contributed by atoms with Crippen molar-refractivity contribution in [2.24, 2.45) is 5.92 Å². The Hall–Kier alpha value is -3.21. The van der Waals surface area contributed by atoms with Gasteiger partial charge >= 0.3 is 0 Å². The van der Waals surface area contributed by atoms with E-state index in [0.717, 1.165) is 55.8 Å². The molecular formula is C27H32N4O. The van der Waals surface area contributed by atoms with Crippen LogP contribution in [0.2, 0.25) is 0 Å². The van der Waals surface area contributed by atoms with Crippen molar-refractivity contribution in [1.82, 2.24) is 15.5 Å². The van der Waals surface area contributed by atoms with Gasteiger partial charge in [-0.05, 0) is 63.3 Å². The number of amides is 1. The summed E-state index contributed by atoms with van der Waals surface area (Å²) in [5.74, 6) is 1.15. The fraction of sp³-hybridized carbons (Fsp3) is 0.370. The van der Waals surface area contributed by atoms with Gasteiger partial charge in [0.05, 0.1) is 5.69 Å². The Kier molecular flexibility index (Phi) is 7.15. The van der Waals surface area contributed by atoms with Gasteiger partial charge in [-0.15, -0.1) is 10.2 Å². The van der Waals surface area contributed by atoms with Gasteiger partial charge in [-0.25, -0.2) is 0 Å². The number of aryl methyl sites for hydroxylation is 2. The molecule has 4 rings (SSSR count). The number of benzene rings is 2. The molecule has 2 heterocycles. The number of hydrogen-bond donors (Lipinski definition) is 1. The first-order valence-electron chi connectivity index (χ1n) is 11.6. The molecule has 1 aliphatic rings. The molecule has 1 saturated heterocycles. The summed E-state index contributed by atoms with van der Waals surface area (Å²) in [7, 11) is 0. The Morgan fingerprint density at radius 3 is 2.50 bits per heavy atom. The lowest BCUT2D eigenvalue weighted by Gasteiger charge is -2.32. The summed E-state index contributed by atoms with van der Waals surface area (Å²) < 4.78 is 0. The van der Waals surface area contributed by atoms with Gasteiger partial charge in [0.1, 0.15) is 0 Å². The standard InChI is InChI=1S/C27H32N4O/c1-20-7-6-10-24(19-20)25-13-14-26(30-29-25)31-17-15-23(16-18-31)27(32)28-21(2)11-12-22-8-4-3-5-9-22/h3-10,13-14,19,21,23H,11-12,15-18H2,1-2H3,(H,28,32)/t21-/m1/s1.